The molecule has 2 aromatic carbocycles. The van der Waals surface area contributed by atoms with Crippen LogP contribution < -0.4 is 29.6 Å². The topological polar surface area (TPSA) is 98.4 Å². The van der Waals surface area contributed by atoms with E-state index in [-0.39, 0.29) is 24.8 Å². The number of ether oxygens (including phenoxy) is 4. The number of halogens is 2. The maximum atomic E-state index is 12.4. The highest BCUT2D eigenvalue weighted by Crippen LogP contribution is 2.34. The molecule has 2 N–H and O–H groups in total. The first-order valence-corrected chi connectivity index (χ1v) is 9.15. The van der Waals surface area contributed by atoms with Crippen molar-refractivity contribution in [2.75, 3.05) is 32.8 Å². The Morgan fingerprint density at radius 1 is 1.13 bits per heavy atom. The van der Waals surface area contributed by atoms with Crippen molar-refractivity contribution in [2.24, 2.45) is 0 Å². The van der Waals surface area contributed by atoms with Crippen LogP contribution in [-0.2, 0) is 11.3 Å². The fraction of sp³-hybridized carbons (Fsp3) is 0.300. The number of hydrogen-bond acceptors (Lipinski definition) is 7. The predicted octanol–water partition coefficient (Wildman–Crippen LogP) is 2.81. The number of rotatable bonds is 8. The molecule has 0 radical (unpaired) electrons. The lowest BCUT2D eigenvalue weighted by Crippen LogP contribution is -2.40. The van der Waals surface area contributed by atoms with E-state index in [0.717, 1.165) is 0 Å². The largest absolute Gasteiger partial charge is 0.493 e. The molecule has 1 aliphatic rings. The third-order valence-electron chi connectivity index (χ3n) is 4.19. The number of hydrogen-bond donors (Lipinski definition) is 2. The fourth-order valence-electron chi connectivity index (χ4n) is 2.92. The highest BCUT2D eigenvalue weighted by molar-refractivity contribution is 6.01. The smallest absolute Gasteiger partial charge is 0.387 e. The highest BCUT2D eigenvalue weighted by atomic mass is 19.3. The summed E-state index contributed by atoms with van der Waals surface area (Å²) in [6.45, 7) is -2.62. The molecule has 1 heterocycles. The van der Waals surface area contributed by atoms with Crippen LogP contribution in [0.5, 0.6) is 23.0 Å². The molecule has 1 aliphatic heterocycles. The van der Waals surface area contributed by atoms with Gasteiger partial charge < -0.3 is 24.3 Å². The Morgan fingerprint density at radius 3 is 2.65 bits per heavy atom. The van der Waals surface area contributed by atoms with Gasteiger partial charge in [0, 0.05) is 18.3 Å². The highest BCUT2D eigenvalue weighted by Gasteiger charge is 2.16. The van der Waals surface area contributed by atoms with E-state index in [0.29, 0.717) is 29.3 Å². The van der Waals surface area contributed by atoms with E-state index >= 15 is 0 Å². The lowest BCUT2D eigenvalue weighted by Gasteiger charge is -2.17. The number of alkyl halides is 2. The minimum Gasteiger partial charge on any atom is -0.493 e. The van der Waals surface area contributed by atoms with Crippen molar-refractivity contribution >= 4 is 17.6 Å². The predicted molar refractivity (Wildman–Crippen MR) is 106 cm³/mol. The van der Waals surface area contributed by atoms with E-state index in [1.165, 1.54) is 13.2 Å². The van der Waals surface area contributed by atoms with E-state index in [2.05, 4.69) is 15.4 Å². The van der Waals surface area contributed by atoms with Gasteiger partial charge in [-0.25, -0.2) is 4.79 Å². The Kier molecular flexibility index (Phi) is 7.08. The monoisotopic (exact) mass is 437 g/mol. The Hall–Kier alpha value is -3.60. The van der Waals surface area contributed by atoms with Gasteiger partial charge in [0.2, 0.25) is 12.7 Å². The molecule has 0 atom stereocenters. The number of urea groups is 1. The lowest BCUT2D eigenvalue weighted by molar-refractivity contribution is -0.120. The van der Waals surface area contributed by atoms with Crippen LogP contribution in [0.3, 0.4) is 0 Å². The summed E-state index contributed by atoms with van der Waals surface area (Å²) in [5.41, 5.74) is 1.15. The first-order valence-electron chi connectivity index (χ1n) is 9.15. The molecule has 3 rings (SSSR count). The summed E-state index contributed by atoms with van der Waals surface area (Å²) in [4.78, 5) is 25.8. The van der Waals surface area contributed by atoms with Gasteiger partial charge in [-0.2, -0.15) is 8.78 Å². The van der Waals surface area contributed by atoms with Gasteiger partial charge in [0.1, 0.15) is 0 Å². The van der Waals surface area contributed by atoms with Crippen LogP contribution in [0.15, 0.2) is 36.4 Å². The molecule has 0 aliphatic carbocycles. The van der Waals surface area contributed by atoms with Crippen molar-refractivity contribution in [2.45, 2.75) is 13.2 Å². The van der Waals surface area contributed by atoms with Gasteiger partial charge in [0.25, 0.3) is 0 Å². The second-order valence-corrected chi connectivity index (χ2v) is 6.61. The van der Waals surface area contributed by atoms with Crippen LogP contribution in [0.25, 0.3) is 0 Å². The molecule has 0 bridgehead atoms. The molecule has 0 fully saturated rings. The Labute approximate surface area is 176 Å². The summed E-state index contributed by atoms with van der Waals surface area (Å²) < 4.78 is 44.7. The molecule has 31 heavy (non-hydrogen) atoms. The average Bonchev–Trinajstić information content (AvgIpc) is 3.16. The maximum absolute atomic E-state index is 12.4. The summed E-state index contributed by atoms with van der Waals surface area (Å²) in [5.74, 6) is 0.629. The minimum atomic E-state index is -2.96. The van der Waals surface area contributed by atoms with Crippen LogP contribution >= 0.6 is 0 Å². The van der Waals surface area contributed by atoms with Crippen molar-refractivity contribution in [1.82, 2.24) is 10.2 Å². The van der Waals surface area contributed by atoms with E-state index in [9.17, 15) is 18.4 Å². The van der Waals surface area contributed by atoms with Gasteiger partial charge in [-0.15, -0.1) is 0 Å². The summed E-state index contributed by atoms with van der Waals surface area (Å²) in [5, 5.41) is 4.78. The van der Waals surface area contributed by atoms with Gasteiger partial charge in [-0.1, -0.05) is 6.07 Å². The number of nitrogens with zero attached hydrogens (tertiary/aromatic N) is 1. The number of nitrogens with one attached hydrogen (secondary N) is 2. The molecule has 0 unspecified atom stereocenters. The number of likely N-dealkylation sites (N-methyl/N-ethyl adjacent to an activating group) is 1. The molecular weight excluding hydrogens is 416 g/mol. The first-order chi connectivity index (χ1) is 14.8. The van der Waals surface area contributed by atoms with Crippen LogP contribution in [0, 0.1) is 0 Å². The molecule has 11 heteroatoms. The number of fused-ring (bicyclic) bond motifs is 1. The second-order valence-electron chi connectivity index (χ2n) is 6.61. The number of carbonyl (C=O) groups excluding carboxylic acids is 2. The Bertz CT molecular complexity index is 957. The quantitative estimate of drug-likeness (QED) is 0.655. The van der Waals surface area contributed by atoms with Crippen molar-refractivity contribution in [3.8, 4) is 23.0 Å². The van der Waals surface area contributed by atoms with Crippen LogP contribution in [-0.4, -0.2) is 50.9 Å². The van der Waals surface area contributed by atoms with Gasteiger partial charge in [0.05, 0.1) is 13.7 Å². The standard InChI is InChI=1S/C20H21F2N3O6/c1-25(9-12-3-5-15(31-19(21)22)16(7-12)28-2)10-18(26)24-20(27)23-13-4-6-14-17(8-13)30-11-29-14/h3-8,19H,9-11H2,1-2H3,(H2,23,24,26,27). The molecule has 2 aromatic rings. The van der Waals surface area contributed by atoms with Crippen molar-refractivity contribution in [3.63, 3.8) is 0 Å². The maximum Gasteiger partial charge on any atom is 0.387 e. The molecule has 0 saturated heterocycles. The number of benzene rings is 2. The summed E-state index contributed by atoms with van der Waals surface area (Å²) >= 11 is 0. The zero-order valence-corrected chi connectivity index (χ0v) is 16.8. The Balaban J connectivity index is 1.49. The van der Waals surface area contributed by atoms with Crippen LogP contribution in [0.1, 0.15) is 5.56 Å². The molecular formula is C20H21F2N3O6. The lowest BCUT2D eigenvalue weighted by atomic mass is 10.2. The van der Waals surface area contributed by atoms with E-state index in [1.54, 1.807) is 42.3 Å². The second kappa shape index (κ2) is 9.94. The van der Waals surface area contributed by atoms with Gasteiger partial charge in [-0.3, -0.25) is 15.0 Å². The zero-order chi connectivity index (χ0) is 22.4. The summed E-state index contributed by atoms with van der Waals surface area (Å²) in [7, 11) is 3.01. The van der Waals surface area contributed by atoms with Gasteiger partial charge in [0.15, 0.2) is 23.0 Å². The minimum absolute atomic E-state index is 0.0772. The molecule has 0 aromatic heterocycles. The molecule has 0 spiro atoms. The zero-order valence-electron chi connectivity index (χ0n) is 16.8. The number of anilines is 1. The van der Waals surface area contributed by atoms with E-state index < -0.39 is 18.5 Å². The summed E-state index contributed by atoms with van der Waals surface area (Å²) in [6, 6.07) is 8.67. The van der Waals surface area contributed by atoms with Gasteiger partial charge in [-0.05, 0) is 36.9 Å². The third-order valence-corrected chi connectivity index (χ3v) is 4.19. The number of amides is 3. The Morgan fingerprint density at radius 2 is 1.90 bits per heavy atom. The molecule has 3 amide bonds. The van der Waals surface area contributed by atoms with Crippen LogP contribution in [0.4, 0.5) is 19.3 Å². The van der Waals surface area contributed by atoms with Crippen molar-refractivity contribution in [1.29, 1.82) is 0 Å². The van der Waals surface area contributed by atoms with Crippen LogP contribution in [0.2, 0.25) is 0 Å². The first kappa shape index (κ1) is 22.1. The SMILES string of the molecule is COc1cc(CN(C)CC(=O)NC(=O)Nc2ccc3c(c2)OCO3)ccc1OC(F)F. The summed E-state index contributed by atoms with van der Waals surface area (Å²) in [6.07, 6.45) is 0. The number of imide groups is 1. The molecule has 0 saturated carbocycles. The third kappa shape index (κ3) is 6.19. The fourth-order valence-corrected chi connectivity index (χ4v) is 2.92. The number of methoxy groups -OCH3 is 1. The normalized spacial score (nSPS) is 12.1. The van der Waals surface area contributed by atoms with Crippen molar-refractivity contribution in [3.05, 3.63) is 42.0 Å². The van der Waals surface area contributed by atoms with Gasteiger partial charge >= 0.3 is 12.6 Å². The van der Waals surface area contributed by atoms with Crippen molar-refractivity contribution < 1.29 is 37.3 Å². The molecule has 166 valence electrons. The van der Waals surface area contributed by atoms with E-state index in [1.807, 2.05) is 0 Å². The number of carbonyl (C=O) groups is 2. The molecule has 9 nitrogen and oxygen atoms in total. The van der Waals surface area contributed by atoms with E-state index in [4.69, 9.17) is 14.2 Å². The average molecular weight is 437 g/mol.